The summed E-state index contributed by atoms with van der Waals surface area (Å²) >= 11 is 5.93. The van der Waals surface area contributed by atoms with E-state index in [1.165, 1.54) is 18.2 Å². The van der Waals surface area contributed by atoms with Crippen molar-refractivity contribution >= 4 is 17.5 Å². The number of hydrogen-bond acceptors (Lipinski definition) is 3. The number of carbonyl (C=O) groups is 1. The van der Waals surface area contributed by atoms with E-state index in [2.05, 4.69) is 17.1 Å². The van der Waals surface area contributed by atoms with Gasteiger partial charge < -0.3 is 9.64 Å². The Labute approximate surface area is 128 Å². The van der Waals surface area contributed by atoms with Crippen molar-refractivity contribution in [1.29, 1.82) is 0 Å². The minimum absolute atomic E-state index is 0.0490. The van der Waals surface area contributed by atoms with Crippen LogP contribution in [0.5, 0.6) is 5.88 Å². The first kappa shape index (κ1) is 13.9. The van der Waals surface area contributed by atoms with Gasteiger partial charge >= 0.3 is 0 Å². The van der Waals surface area contributed by atoms with Crippen LogP contribution in [0.3, 0.4) is 0 Å². The lowest BCUT2D eigenvalue weighted by atomic mass is 9.99. The number of amides is 1. The summed E-state index contributed by atoms with van der Waals surface area (Å²) < 4.78 is 5.06. The van der Waals surface area contributed by atoms with E-state index in [0.717, 1.165) is 6.42 Å². The second-order valence-electron chi connectivity index (χ2n) is 4.97. The van der Waals surface area contributed by atoms with Gasteiger partial charge in [-0.15, -0.1) is 0 Å². The molecule has 1 aromatic heterocycles. The first-order valence-corrected chi connectivity index (χ1v) is 7.13. The van der Waals surface area contributed by atoms with E-state index >= 15 is 0 Å². The minimum Gasteiger partial charge on any atom is -0.481 e. The Morgan fingerprint density at radius 2 is 2.05 bits per heavy atom. The first-order valence-electron chi connectivity index (χ1n) is 6.75. The lowest BCUT2D eigenvalue weighted by Gasteiger charge is -2.29. The van der Waals surface area contributed by atoms with Crippen molar-refractivity contribution in [3.05, 3.63) is 58.2 Å². The smallest absolute Gasteiger partial charge is 0.254 e. The average Bonchev–Trinajstić information content (AvgIpc) is 2.53. The largest absolute Gasteiger partial charge is 0.481 e. The fraction of sp³-hybridized carbons (Fsp3) is 0.250. The number of aromatic nitrogens is 1. The number of nitrogens with zero attached hydrogens (tertiary/aromatic N) is 2. The van der Waals surface area contributed by atoms with Crippen molar-refractivity contribution in [2.75, 3.05) is 13.7 Å². The molecule has 0 unspecified atom stereocenters. The third-order valence-corrected chi connectivity index (χ3v) is 3.84. The van der Waals surface area contributed by atoms with Crippen molar-refractivity contribution in [2.24, 2.45) is 0 Å². The van der Waals surface area contributed by atoms with Gasteiger partial charge in [0.25, 0.3) is 5.91 Å². The molecule has 0 saturated carbocycles. The third-order valence-electron chi connectivity index (χ3n) is 3.64. The van der Waals surface area contributed by atoms with E-state index in [-0.39, 0.29) is 11.1 Å². The molecule has 2 heterocycles. The molecule has 0 saturated heterocycles. The third kappa shape index (κ3) is 2.85. The maximum Gasteiger partial charge on any atom is 0.254 e. The van der Waals surface area contributed by atoms with Gasteiger partial charge in [0.1, 0.15) is 5.15 Å². The highest BCUT2D eigenvalue weighted by atomic mass is 35.5. The fourth-order valence-corrected chi connectivity index (χ4v) is 2.75. The number of ether oxygens (including phenoxy) is 1. The minimum atomic E-state index is -0.0490. The number of methoxy groups -OCH3 is 1. The maximum absolute atomic E-state index is 12.6. The Hall–Kier alpha value is -2.07. The highest BCUT2D eigenvalue weighted by Crippen LogP contribution is 2.22. The molecular weight excluding hydrogens is 288 g/mol. The molecule has 0 aliphatic carbocycles. The maximum atomic E-state index is 12.6. The van der Waals surface area contributed by atoms with Crippen molar-refractivity contribution in [3.8, 4) is 5.88 Å². The topological polar surface area (TPSA) is 42.4 Å². The normalized spacial score (nSPS) is 13.7. The van der Waals surface area contributed by atoms with E-state index in [4.69, 9.17) is 16.3 Å². The van der Waals surface area contributed by atoms with E-state index < -0.39 is 0 Å². The van der Waals surface area contributed by atoms with Crippen LogP contribution in [0.15, 0.2) is 36.4 Å². The highest BCUT2D eigenvalue weighted by molar-refractivity contribution is 6.29. The number of rotatable bonds is 2. The van der Waals surface area contributed by atoms with Gasteiger partial charge in [0.05, 0.1) is 7.11 Å². The molecule has 1 aromatic carbocycles. The Morgan fingerprint density at radius 3 is 2.81 bits per heavy atom. The Morgan fingerprint density at radius 1 is 1.29 bits per heavy atom. The molecule has 0 N–H and O–H groups in total. The van der Waals surface area contributed by atoms with Gasteiger partial charge in [-0.2, -0.15) is 0 Å². The molecule has 2 aromatic rings. The summed E-state index contributed by atoms with van der Waals surface area (Å²) in [6.45, 7) is 1.33. The summed E-state index contributed by atoms with van der Waals surface area (Å²) in [4.78, 5) is 18.4. The van der Waals surface area contributed by atoms with Crippen LogP contribution in [-0.4, -0.2) is 29.4 Å². The van der Waals surface area contributed by atoms with E-state index in [1.54, 1.807) is 12.1 Å². The van der Waals surface area contributed by atoms with E-state index in [9.17, 15) is 4.79 Å². The quantitative estimate of drug-likeness (QED) is 0.801. The van der Waals surface area contributed by atoms with Gasteiger partial charge in [-0.3, -0.25) is 4.79 Å². The van der Waals surface area contributed by atoms with Gasteiger partial charge in [-0.25, -0.2) is 4.98 Å². The Kier molecular flexibility index (Phi) is 3.80. The van der Waals surface area contributed by atoms with E-state index in [1.807, 2.05) is 17.0 Å². The second kappa shape index (κ2) is 5.74. The van der Waals surface area contributed by atoms with Crippen molar-refractivity contribution < 1.29 is 9.53 Å². The summed E-state index contributed by atoms with van der Waals surface area (Å²) in [5, 5.41) is 0.259. The summed E-state index contributed by atoms with van der Waals surface area (Å²) in [5.41, 5.74) is 3.02. The molecule has 1 aliphatic rings. The predicted octanol–water partition coefficient (Wildman–Crippen LogP) is 2.94. The van der Waals surface area contributed by atoms with Crippen LogP contribution in [0.25, 0.3) is 0 Å². The predicted molar refractivity (Wildman–Crippen MR) is 80.7 cm³/mol. The SMILES string of the molecule is COc1cc(C(=O)N2CCc3ccccc3C2)cc(Cl)n1. The van der Waals surface area contributed by atoms with Crippen LogP contribution in [0.1, 0.15) is 21.5 Å². The van der Waals surface area contributed by atoms with Crippen molar-refractivity contribution in [3.63, 3.8) is 0 Å². The summed E-state index contributed by atoms with van der Waals surface area (Å²) in [6.07, 6.45) is 0.873. The molecule has 0 atom stereocenters. The first-order chi connectivity index (χ1) is 10.2. The zero-order valence-electron chi connectivity index (χ0n) is 11.7. The van der Waals surface area contributed by atoms with Gasteiger partial charge in [0, 0.05) is 24.7 Å². The summed E-state index contributed by atoms with van der Waals surface area (Å²) in [6, 6.07) is 11.4. The molecule has 108 valence electrons. The fourth-order valence-electron chi connectivity index (χ4n) is 2.55. The molecule has 0 bridgehead atoms. The monoisotopic (exact) mass is 302 g/mol. The molecule has 0 spiro atoms. The number of carbonyl (C=O) groups excluding carboxylic acids is 1. The van der Waals surface area contributed by atoms with Crippen molar-refractivity contribution in [1.82, 2.24) is 9.88 Å². The molecule has 4 nitrogen and oxygen atoms in total. The number of fused-ring (bicyclic) bond motifs is 1. The molecule has 3 rings (SSSR count). The van der Waals surface area contributed by atoms with Gasteiger partial charge in [0.15, 0.2) is 0 Å². The summed E-state index contributed by atoms with van der Waals surface area (Å²) in [7, 11) is 1.50. The standard InChI is InChI=1S/C16H15ClN2O2/c1-21-15-9-13(8-14(17)18-15)16(20)19-7-6-11-4-2-3-5-12(11)10-19/h2-5,8-9H,6-7,10H2,1H3. The number of hydrogen-bond donors (Lipinski definition) is 0. The van der Waals surface area contributed by atoms with Crippen LogP contribution in [-0.2, 0) is 13.0 Å². The van der Waals surface area contributed by atoms with Gasteiger partial charge in [-0.05, 0) is 23.6 Å². The lowest BCUT2D eigenvalue weighted by Crippen LogP contribution is -2.35. The number of benzene rings is 1. The van der Waals surface area contributed by atoms with Crippen LogP contribution < -0.4 is 4.74 Å². The van der Waals surface area contributed by atoms with Crippen LogP contribution >= 0.6 is 11.6 Å². The molecule has 0 fully saturated rings. The molecular formula is C16H15ClN2O2. The lowest BCUT2D eigenvalue weighted by molar-refractivity contribution is 0.0734. The summed E-state index contributed by atoms with van der Waals surface area (Å²) in [5.74, 6) is 0.301. The van der Waals surface area contributed by atoms with E-state index in [0.29, 0.717) is 24.5 Å². The number of halogens is 1. The zero-order chi connectivity index (χ0) is 14.8. The molecule has 5 heteroatoms. The molecule has 0 radical (unpaired) electrons. The van der Waals surface area contributed by atoms with Crippen LogP contribution in [0.4, 0.5) is 0 Å². The number of pyridine rings is 1. The molecule has 1 amide bonds. The molecule has 21 heavy (non-hydrogen) atoms. The average molecular weight is 303 g/mol. The van der Waals surface area contributed by atoms with Gasteiger partial charge in [0.2, 0.25) is 5.88 Å². The van der Waals surface area contributed by atoms with Crippen LogP contribution in [0.2, 0.25) is 5.15 Å². The Balaban J connectivity index is 1.85. The van der Waals surface area contributed by atoms with Crippen molar-refractivity contribution in [2.45, 2.75) is 13.0 Å². The van der Waals surface area contributed by atoms with Crippen LogP contribution in [0, 0.1) is 0 Å². The highest BCUT2D eigenvalue weighted by Gasteiger charge is 2.22. The van der Waals surface area contributed by atoms with Gasteiger partial charge in [-0.1, -0.05) is 35.9 Å². The Bertz CT molecular complexity index is 688. The zero-order valence-corrected chi connectivity index (χ0v) is 12.4. The second-order valence-corrected chi connectivity index (χ2v) is 5.35. The molecule has 1 aliphatic heterocycles.